The normalized spacial score (nSPS) is 14.4. The Kier molecular flexibility index (Phi) is 6.56. The molecule has 198 valence electrons. The summed E-state index contributed by atoms with van der Waals surface area (Å²) in [5.74, 6) is 0.601. The quantitative estimate of drug-likeness (QED) is 0.308. The fourth-order valence-electron chi connectivity index (χ4n) is 4.11. The van der Waals surface area contributed by atoms with Crippen molar-refractivity contribution in [2.45, 2.75) is 44.3 Å². The molecule has 1 fully saturated rings. The molecule has 1 saturated heterocycles. The third-order valence-electron chi connectivity index (χ3n) is 6.02. The molecule has 1 aliphatic heterocycles. The van der Waals surface area contributed by atoms with Gasteiger partial charge in [0, 0.05) is 0 Å². The lowest BCUT2D eigenvalue weighted by atomic mass is 10.1. The van der Waals surface area contributed by atoms with Crippen molar-refractivity contribution in [3.8, 4) is 17.0 Å². The van der Waals surface area contributed by atoms with E-state index in [9.17, 15) is 13.2 Å². The summed E-state index contributed by atoms with van der Waals surface area (Å²) in [6, 6.07) is 15.4. The van der Waals surface area contributed by atoms with Gasteiger partial charge in [0.2, 0.25) is 0 Å². The first-order valence-electron chi connectivity index (χ1n) is 12.0. The summed E-state index contributed by atoms with van der Waals surface area (Å²) in [6.45, 7) is 8.22. The molecule has 0 spiro atoms. The number of amides is 1. The third kappa shape index (κ3) is 5.06. The number of aryl methyl sites for hydroxylation is 1. The van der Waals surface area contributed by atoms with E-state index in [4.69, 9.17) is 21.1 Å². The van der Waals surface area contributed by atoms with Crippen molar-refractivity contribution in [2.75, 3.05) is 13.1 Å². The van der Waals surface area contributed by atoms with Crippen LogP contribution in [0.15, 0.2) is 65.8 Å². The third-order valence-corrected chi connectivity index (χ3v) is 8.04. The number of rotatable bonds is 5. The van der Waals surface area contributed by atoms with Gasteiger partial charge in [-0.25, -0.2) is 27.2 Å². The first-order valence-corrected chi connectivity index (χ1v) is 13.8. The maximum Gasteiger partial charge on any atom is 0.410 e. The fourth-order valence-corrected chi connectivity index (χ4v) is 5.77. The Morgan fingerprint density at radius 1 is 1.03 bits per heavy atom. The van der Waals surface area contributed by atoms with Gasteiger partial charge in [-0.3, -0.25) is 0 Å². The number of fused-ring (bicyclic) bond motifs is 1. The molecule has 5 rings (SSSR count). The van der Waals surface area contributed by atoms with E-state index in [1.165, 1.54) is 10.3 Å². The molecule has 0 unspecified atom stereocenters. The zero-order chi connectivity index (χ0) is 27.2. The van der Waals surface area contributed by atoms with E-state index in [0.29, 0.717) is 35.5 Å². The first-order chi connectivity index (χ1) is 17.9. The van der Waals surface area contributed by atoms with Crippen LogP contribution in [0.25, 0.3) is 22.3 Å². The molecular weight excluding hydrogens is 528 g/mol. The lowest BCUT2D eigenvalue weighted by Crippen LogP contribution is -2.57. The summed E-state index contributed by atoms with van der Waals surface area (Å²) in [7, 11) is -4.00. The van der Waals surface area contributed by atoms with Crippen LogP contribution in [-0.2, 0) is 14.8 Å². The van der Waals surface area contributed by atoms with Crippen LogP contribution >= 0.6 is 11.6 Å². The number of aromatic nitrogens is 3. The van der Waals surface area contributed by atoms with Gasteiger partial charge in [-0.1, -0.05) is 29.3 Å². The van der Waals surface area contributed by atoms with Crippen LogP contribution in [0, 0.1) is 6.92 Å². The van der Waals surface area contributed by atoms with Gasteiger partial charge in [-0.15, -0.1) is 0 Å². The Morgan fingerprint density at radius 2 is 1.68 bits per heavy atom. The fraction of sp³-hybridized carbons (Fsp3) is 0.296. The highest BCUT2D eigenvalue weighted by molar-refractivity contribution is 7.90. The van der Waals surface area contributed by atoms with Crippen LogP contribution in [0.5, 0.6) is 5.75 Å². The van der Waals surface area contributed by atoms with Crippen LogP contribution in [0.4, 0.5) is 4.79 Å². The number of hydrogen-bond acceptors (Lipinski definition) is 7. The van der Waals surface area contributed by atoms with E-state index in [1.54, 1.807) is 59.5 Å². The van der Waals surface area contributed by atoms with Crippen molar-refractivity contribution in [1.82, 2.24) is 18.8 Å². The van der Waals surface area contributed by atoms with E-state index in [1.807, 2.05) is 27.7 Å². The average Bonchev–Trinajstić information content (AvgIpc) is 3.22. The zero-order valence-electron chi connectivity index (χ0n) is 21.4. The standard InChI is InChI=1S/C27H27ClN4O5S/c1-17-5-11-21(12-6-17)38(34,35)32-23(13-22-24(28)29-16-30-25(22)32)18-7-9-19(10-8-18)36-20-14-31(15-20)26(33)37-27(2,3)4/h5-13,16,20H,14-15H2,1-4H3. The van der Waals surface area contributed by atoms with Crippen LogP contribution in [0.1, 0.15) is 26.3 Å². The summed E-state index contributed by atoms with van der Waals surface area (Å²) in [5.41, 5.74) is 1.62. The van der Waals surface area contributed by atoms with E-state index in [-0.39, 0.29) is 27.9 Å². The van der Waals surface area contributed by atoms with Crippen LogP contribution in [0.3, 0.4) is 0 Å². The van der Waals surface area contributed by atoms with Crippen molar-refractivity contribution < 1.29 is 22.7 Å². The summed E-state index contributed by atoms with van der Waals surface area (Å²) in [4.78, 5) is 22.1. The molecule has 4 aromatic rings. The van der Waals surface area contributed by atoms with Gasteiger partial charge in [0.15, 0.2) is 5.65 Å². The molecule has 0 aliphatic carbocycles. The Morgan fingerprint density at radius 3 is 2.32 bits per heavy atom. The Balaban J connectivity index is 1.41. The minimum Gasteiger partial charge on any atom is -0.487 e. The van der Waals surface area contributed by atoms with Gasteiger partial charge in [0.05, 0.1) is 29.1 Å². The van der Waals surface area contributed by atoms with Crippen molar-refractivity contribution >= 4 is 38.8 Å². The lowest BCUT2D eigenvalue weighted by molar-refractivity contribution is -0.0221. The van der Waals surface area contributed by atoms with Crippen LogP contribution < -0.4 is 4.74 Å². The molecule has 38 heavy (non-hydrogen) atoms. The minimum absolute atomic E-state index is 0.135. The minimum atomic E-state index is -4.00. The lowest BCUT2D eigenvalue weighted by Gasteiger charge is -2.39. The van der Waals surface area contributed by atoms with Gasteiger partial charge >= 0.3 is 6.09 Å². The molecule has 2 aromatic heterocycles. The van der Waals surface area contributed by atoms with Crippen LogP contribution in [0.2, 0.25) is 5.15 Å². The second-order valence-electron chi connectivity index (χ2n) is 10.2. The first kappa shape index (κ1) is 26.0. The molecule has 1 aliphatic rings. The van der Waals surface area contributed by atoms with E-state index >= 15 is 0 Å². The highest BCUT2D eigenvalue weighted by atomic mass is 35.5. The van der Waals surface area contributed by atoms with E-state index < -0.39 is 15.6 Å². The molecule has 0 atom stereocenters. The van der Waals surface area contributed by atoms with Crippen molar-refractivity contribution in [3.05, 3.63) is 71.6 Å². The molecule has 11 heteroatoms. The maximum atomic E-state index is 13.7. The maximum absolute atomic E-state index is 13.7. The Labute approximate surface area is 226 Å². The molecule has 9 nitrogen and oxygen atoms in total. The van der Waals surface area contributed by atoms with Crippen molar-refractivity contribution in [2.24, 2.45) is 0 Å². The molecule has 0 N–H and O–H groups in total. The van der Waals surface area contributed by atoms with Crippen molar-refractivity contribution in [3.63, 3.8) is 0 Å². The second-order valence-corrected chi connectivity index (χ2v) is 12.3. The number of carbonyl (C=O) groups is 1. The van der Waals surface area contributed by atoms with Gasteiger partial charge in [0.1, 0.15) is 28.9 Å². The van der Waals surface area contributed by atoms with Crippen LogP contribution in [-0.4, -0.2) is 58.1 Å². The van der Waals surface area contributed by atoms with E-state index in [0.717, 1.165) is 5.56 Å². The highest BCUT2D eigenvalue weighted by Gasteiger charge is 2.35. The largest absolute Gasteiger partial charge is 0.487 e. The average molecular weight is 555 g/mol. The van der Waals surface area contributed by atoms with Crippen molar-refractivity contribution in [1.29, 1.82) is 0 Å². The number of carbonyl (C=O) groups excluding carboxylic acids is 1. The zero-order valence-corrected chi connectivity index (χ0v) is 23.0. The number of nitrogens with zero attached hydrogens (tertiary/aromatic N) is 4. The number of halogens is 1. The van der Waals surface area contributed by atoms with Gasteiger partial charge in [-0.05, 0) is 75.7 Å². The smallest absolute Gasteiger partial charge is 0.410 e. The summed E-state index contributed by atoms with van der Waals surface area (Å²) in [6.07, 6.45) is 0.721. The molecule has 3 heterocycles. The number of likely N-dealkylation sites (tertiary alicyclic amines) is 1. The summed E-state index contributed by atoms with van der Waals surface area (Å²) >= 11 is 6.30. The predicted molar refractivity (Wildman–Crippen MR) is 144 cm³/mol. The van der Waals surface area contributed by atoms with Gasteiger partial charge < -0.3 is 14.4 Å². The molecular formula is C27H27ClN4O5S. The monoisotopic (exact) mass is 554 g/mol. The topological polar surface area (TPSA) is 104 Å². The molecule has 2 aromatic carbocycles. The molecule has 0 radical (unpaired) electrons. The SMILES string of the molecule is Cc1ccc(S(=O)(=O)n2c(-c3ccc(OC4CN(C(=O)OC(C)(C)C)C4)cc3)cc3c(Cl)ncnc32)cc1. The Hall–Kier alpha value is -3.63. The van der Waals surface area contributed by atoms with Gasteiger partial charge in [-0.2, -0.15) is 0 Å². The summed E-state index contributed by atoms with van der Waals surface area (Å²) < 4.78 is 40.1. The summed E-state index contributed by atoms with van der Waals surface area (Å²) in [5, 5.41) is 0.588. The number of hydrogen-bond donors (Lipinski definition) is 0. The molecule has 0 bridgehead atoms. The van der Waals surface area contributed by atoms with Gasteiger partial charge in [0.25, 0.3) is 10.0 Å². The number of ether oxygens (including phenoxy) is 2. The Bertz CT molecular complexity index is 1600. The second kappa shape index (κ2) is 9.59. The number of benzene rings is 2. The highest BCUT2D eigenvalue weighted by Crippen LogP contribution is 2.34. The predicted octanol–water partition coefficient (Wildman–Crippen LogP) is 5.30. The molecule has 1 amide bonds. The van der Waals surface area contributed by atoms with E-state index in [2.05, 4.69) is 9.97 Å². The molecule has 0 saturated carbocycles.